The summed E-state index contributed by atoms with van der Waals surface area (Å²) < 4.78 is 40.3. The van der Waals surface area contributed by atoms with Gasteiger partial charge in [0, 0.05) is 18.0 Å². The zero-order chi connectivity index (χ0) is 19.3. The third-order valence-corrected chi connectivity index (χ3v) is 5.20. The predicted molar refractivity (Wildman–Crippen MR) is 94.5 cm³/mol. The fourth-order valence-electron chi connectivity index (χ4n) is 3.04. The van der Waals surface area contributed by atoms with Crippen molar-refractivity contribution in [3.63, 3.8) is 0 Å². The zero-order valence-electron chi connectivity index (χ0n) is 13.5. The molecule has 0 amide bonds. The number of allylic oxidation sites excluding steroid dienone is 1. The lowest BCUT2D eigenvalue weighted by atomic mass is 10.1. The lowest BCUT2D eigenvalue weighted by Gasteiger charge is -2.09. The number of nitro groups is 1. The molecule has 1 aliphatic rings. The van der Waals surface area contributed by atoms with Gasteiger partial charge in [0.05, 0.1) is 21.4 Å². The van der Waals surface area contributed by atoms with Crippen molar-refractivity contribution in [2.45, 2.75) is 19.1 Å². The fraction of sp³-hybridized carbons (Fsp3) is 0.176. The number of alkyl halides is 3. The first-order chi connectivity index (χ1) is 12.7. The second-order valence-corrected chi connectivity index (χ2v) is 6.91. The lowest BCUT2D eigenvalue weighted by molar-refractivity contribution is -0.380. The van der Waals surface area contributed by atoms with Gasteiger partial charge in [-0.05, 0) is 41.8 Å². The van der Waals surface area contributed by atoms with E-state index >= 15 is 0 Å². The smallest absolute Gasteiger partial charge is 0.292 e. The van der Waals surface area contributed by atoms with Crippen LogP contribution in [0.3, 0.4) is 0 Å². The topological polar surface area (TPSA) is 78.0 Å². The van der Waals surface area contributed by atoms with Gasteiger partial charge in [-0.2, -0.15) is 13.2 Å². The van der Waals surface area contributed by atoms with E-state index in [-0.39, 0.29) is 15.9 Å². The molecule has 0 saturated heterocycles. The number of fused-ring (bicyclic) bond motifs is 2. The molecule has 10 heteroatoms. The molecule has 0 saturated carbocycles. The minimum absolute atomic E-state index is 0.0153. The van der Waals surface area contributed by atoms with Gasteiger partial charge in [-0.1, -0.05) is 11.3 Å². The molecule has 0 radical (unpaired) electrons. The van der Waals surface area contributed by atoms with Crippen LogP contribution < -0.4 is 5.56 Å². The van der Waals surface area contributed by atoms with Crippen LogP contribution >= 0.6 is 11.3 Å². The molecule has 2 aromatic heterocycles. The third-order valence-electron chi connectivity index (χ3n) is 4.30. The normalized spacial score (nSPS) is 15.4. The quantitative estimate of drug-likeness (QED) is 0.480. The van der Waals surface area contributed by atoms with E-state index in [1.165, 1.54) is 10.6 Å². The SMILES string of the molecule is O=c1c2ccc(C(F)(F)F)cc2nc2n1CC/C2=C\c1csc([N+](=O)[O-])c1. The molecule has 1 aliphatic heterocycles. The highest BCUT2D eigenvalue weighted by Crippen LogP contribution is 2.33. The van der Waals surface area contributed by atoms with Gasteiger partial charge >= 0.3 is 11.2 Å². The van der Waals surface area contributed by atoms with Crippen molar-refractivity contribution in [3.05, 3.63) is 67.1 Å². The van der Waals surface area contributed by atoms with E-state index in [1.54, 1.807) is 11.5 Å². The lowest BCUT2D eigenvalue weighted by Crippen LogP contribution is -2.21. The molecule has 1 aromatic carbocycles. The number of aromatic nitrogens is 2. The molecule has 6 nitrogen and oxygen atoms in total. The van der Waals surface area contributed by atoms with Crippen molar-refractivity contribution in [3.8, 4) is 0 Å². The highest BCUT2D eigenvalue weighted by atomic mass is 32.1. The average Bonchev–Trinajstić information content (AvgIpc) is 3.22. The van der Waals surface area contributed by atoms with E-state index in [1.807, 2.05) is 0 Å². The number of benzene rings is 1. The number of halogens is 3. The third kappa shape index (κ3) is 3.01. The predicted octanol–water partition coefficient (Wildman–Crippen LogP) is 4.33. The molecule has 0 aliphatic carbocycles. The summed E-state index contributed by atoms with van der Waals surface area (Å²) in [6, 6.07) is 4.28. The zero-order valence-corrected chi connectivity index (χ0v) is 14.3. The van der Waals surface area contributed by atoms with Gasteiger partial charge in [0.25, 0.3) is 5.56 Å². The van der Waals surface area contributed by atoms with E-state index in [9.17, 15) is 28.1 Å². The van der Waals surface area contributed by atoms with Crippen LogP contribution in [0.1, 0.15) is 23.4 Å². The Morgan fingerprint density at radius 2 is 2.07 bits per heavy atom. The second-order valence-electron chi connectivity index (χ2n) is 6.02. The van der Waals surface area contributed by atoms with Gasteiger partial charge in [-0.15, -0.1) is 0 Å². The molecule has 3 heterocycles. The van der Waals surface area contributed by atoms with Crippen LogP contribution in [0, 0.1) is 10.1 Å². The van der Waals surface area contributed by atoms with Gasteiger partial charge < -0.3 is 0 Å². The fourth-order valence-corrected chi connectivity index (χ4v) is 3.73. The molecular weight excluding hydrogens is 383 g/mol. The van der Waals surface area contributed by atoms with E-state index in [0.29, 0.717) is 29.9 Å². The monoisotopic (exact) mass is 393 g/mol. The summed E-state index contributed by atoms with van der Waals surface area (Å²) in [5.74, 6) is 0.292. The number of thiophene rings is 1. The summed E-state index contributed by atoms with van der Waals surface area (Å²) in [6.45, 7) is 0.357. The Morgan fingerprint density at radius 1 is 1.30 bits per heavy atom. The molecule has 0 N–H and O–H groups in total. The Bertz CT molecular complexity index is 1180. The van der Waals surface area contributed by atoms with Gasteiger partial charge in [0.15, 0.2) is 0 Å². The number of hydrogen-bond donors (Lipinski definition) is 0. The number of nitrogens with zero attached hydrogens (tertiary/aromatic N) is 3. The van der Waals surface area contributed by atoms with Gasteiger partial charge in [0.1, 0.15) is 5.82 Å². The van der Waals surface area contributed by atoms with Crippen molar-refractivity contribution in [2.24, 2.45) is 0 Å². The maximum absolute atomic E-state index is 12.9. The van der Waals surface area contributed by atoms with Gasteiger partial charge in [0.2, 0.25) is 0 Å². The Hall–Kier alpha value is -3.01. The number of rotatable bonds is 2. The van der Waals surface area contributed by atoms with E-state index in [2.05, 4.69) is 4.98 Å². The first-order valence-electron chi connectivity index (χ1n) is 7.80. The van der Waals surface area contributed by atoms with E-state index < -0.39 is 22.2 Å². The molecule has 0 spiro atoms. The van der Waals surface area contributed by atoms with E-state index in [0.717, 1.165) is 29.5 Å². The Balaban J connectivity index is 1.85. The molecular formula is C17H10F3N3O3S. The molecule has 0 atom stereocenters. The van der Waals surface area contributed by atoms with Crippen LogP contribution in [0.5, 0.6) is 0 Å². The minimum atomic E-state index is -4.53. The molecule has 0 fully saturated rings. The van der Waals surface area contributed by atoms with Crippen molar-refractivity contribution in [1.29, 1.82) is 0 Å². The molecule has 0 unspecified atom stereocenters. The Labute approximate surface area is 153 Å². The van der Waals surface area contributed by atoms with Crippen molar-refractivity contribution in [2.75, 3.05) is 0 Å². The van der Waals surface area contributed by atoms with Crippen molar-refractivity contribution in [1.82, 2.24) is 9.55 Å². The van der Waals surface area contributed by atoms with Gasteiger partial charge in [-0.3, -0.25) is 19.5 Å². The molecule has 27 heavy (non-hydrogen) atoms. The summed E-state index contributed by atoms with van der Waals surface area (Å²) in [5, 5.41) is 12.5. The summed E-state index contributed by atoms with van der Waals surface area (Å²) in [6.07, 6.45) is -2.39. The highest BCUT2D eigenvalue weighted by molar-refractivity contribution is 7.13. The average molecular weight is 393 g/mol. The highest BCUT2D eigenvalue weighted by Gasteiger charge is 2.31. The first-order valence-corrected chi connectivity index (χ1v) is 8.67. The molecule has 0 bridgehead atoms. The maximum atomic E-state index is 12.9. The number of hydrogen-bond acceptors (Lipinski definition) is 5. The van der Waals surface area contributed by atoms with Crippen molar-refractivity contribution < 1.29 is 18.1 Å². The van der Waals surface area contributed by atoms with Crippen LogP contribution in [0.15, 0.2) is 34.4 Å². The Morgan fingerprint density at radius 3 is 2.74 bits per heavy atom. The summed E-state index contributed by atoms with van der Waals surface area (Å²) in [4.78, 5) is 27.2. The summed E-state index contributed by atoms with van der Waals surface area (Å²) >= 11 is 0.975. The largest absolute Gasteiger partial charge is 0.416 e. The summed E-state index contributed by atoms with van der Waals surface area (Å²) in [7, 11) is 0. The van der Waals surface area contributed by atoms with Crippen LogP contribution in [-0.4, -0.2) is 14.5 Å². The summed E-state index contributed by atoms with van der Waals surface area (Å²) in [5.41, 5.74) is -0.0509. The first kappa shape index (κ1) is 17.4. The minimum Gasteiger partial charge on any atom is -0.292 e. The maximum Gasteiger partial charge on any atom is 0.416 e. The molecule has 138 valence electrons. The van der Waals surface area contributed by atoms with Gasteiger partial charge in [-0.25, -0.2) is 4.98 Å². The van der Waals surface area contributed by atoms with Crippen LogP contribution in [-0.2, 0) is 12.7 Å². The van der Waals surface area contributed by atoms with Crippen LogP contribution in [0.25, 0.3) is 22.6 Å². The molecule has 4 rings (SSSR count). The Kier molecular flexibility index (Phi) is 3.88. The van der Waals surface area contributed by atoms with Crippen LogP contribution in [0.4, 0.5) is 18.2 Å². The van der Waals surface area contributed by atoms with Crippen molar-refractivity contribution >= 4 is 38.9 Å². The standard InChI is InChI=1S/C17H10F3N3O3S/c18-17(19,20)11-1-2-12-13(7-11)21-15-10(3-4-22(15)16(12)24)5-9-6-14(23(25)26)27-8-9/h1-2,5-8H,3-4H2/b10-5+. The second kappa shape index (κ2) is 6.02. The van der Waals surface area contributed by atoms with Crippen LogP contribution in [0.2, 0.25) is 0 Å². The molecule has 3 aromatic rings. The van der Waals surface area contributed by atoms with E-state index in [4.69, 9.17) is 0 Å².